The Hall–Kier alpha value is -0.610. The van der Waals surface area contributed by atoms with Crippen LogP contribution < -0.4 is 5.32 Å². The minimum absolute atomic E-state index is 0.0128. The Labute approximate surface area is 104 Å². The lowest BCUT2D eigenvalue weighted by Gasteiger charge is -2.29. The maximum Gasteiger partial charge on any atom is 0.240 e. The number of likely N-dealkylation sites (tertiary alicyclic amines) is 1. The second-order valence-corrected chi connectivity index (χ2v) is 5.49. The third kappa shape index (κ3) is 2.80. The van der Waals surface area contributed by atoms with Crippen LogP contribution in [0.5, 0.6) is 0 Å². The average Bonchev–Trinajstić information content (AvgIpc) is 2.88. The maximum absolute atomic E-state index is 12.2. The Morgan fingerprint density at radius 3 is 2.71 bits per heavy atom. The Balaban J connectivity index is 1.92. The standard InChI is InChI=1S/C13H24N2O2/c1-9(2)14-11-6-7-15(13(11)16)10(3)12-5-4-8-17-12/h9-12,14H,4-8H2,1-3H3. The summed E-state index contributed by atoms with van der Waals surface area (Å²) in [5, 5.41) is 3.33. The summed E-state index contributed by atoms with van der Waals surface area (Å²) in [4.78, 5) is 14.2. The smallest absolute Gasteiger partial charge is 0.240 e. The summed E-state index contributed by atoms with van der Waals surface area (Å²) < 4.78 is 5.68. The summed E-state index contributed by atoms with van der Waals surface area (Å²) in [5.74, 6) is 0.252. The first-order valence-electron chi connectivity index (χ1n) is 6.77. The van der Waals surface area contributed by atoms with Gasteiger partial charge in [0.2, 0.25) is 5.91 Å². The first kappa shape index (κ1) is 12.8. The highest BCUT2D eigenvalue weighted by atomic mass is 16.5. The van der Waals surface area contributed by atoms with Gasteiger partial charge in [-0.3, -0.25) is 4.79 Å². The van der Waals surface area contributed by atoms with Crippen LogP contribution in [-0.2, 0) is 9.53 Å². The third-order valence-corrected chi connectivity index (χ3v) is 3.77. The Morgan fingerprint density at radius 2 is 2.12 bits per heavy atom. The minimum atomic E-state index is 0.0128. The molecule has 0 aromatic heterocycles. The number of amides is 1. The second-order valence-electron chi connectivity index (χ2n) is 5.49. The Kier molecular flexibility index (Phi) is 4.05. The quantitative estimate of drug-likeness (QED) is 0.801. The normalized spacial score (nSPS) is 31.5. The molecule has 0 saturated carbocycles. The van der Waals surface area contributed by atoms with E-state index in [0.29, 0.717) is 6.04 Å². The van der Waals surface area contributed by atoms with Crippen molar-refractivity contribution in [2.75, 3.05) is 13.2 Å². The van der Waals surface area contributed by atoms with Crippen molar-refractivity contribution in [2.24, 2.45) is 0 Å². The van der Waals surface area contributed by atoms with E-state index >= 15 is 0 Å². The van der Waals surface area contributed by atoms with Gasteiger partial charge in [0.05, 0.1) is 18.2 Å². The van der Waals surface area contributed by atoms with Gasteiger partial charge in [0.15, 0.2) is 0 Å². The van der Waals surface area contributed by atoms with Gasteiger partial charge >= 0.3 is 0 Å². The second kappa shape index (κ2) is 5.36. The summed E-state index contributed by atoms with van der Waals surface area (Å²) in [6.07, 6.45) is 3.39. The van der Waals surface area contributed by atoms with Gasteiger partial charge in [-0.05, 0) is 26.2 Å². The molecule has 0 spiro atoms. The molecule has 0 aliphatic carbocycles. The van der Waals surface area contributed by atoms with Crippen LogP contribution >= 0.6 is 0 Å². The fourth-order valence-corrected chi connectivity index (χ4v) is 2.85. The molecule has 3 atom stereocenters. The van der Waals surface area contributed by atoms with E-state index in [1.807, 2.05) is 4.90 Å². The zero-order chi connectivity index (χ0) is 12.4. The van der Waals surface area contributed by atoms with E-state index in [0.717, 1.165) is 32.4 Å². The Morgan fingerprint density at radius 1 is 1.35 bits per heavy atom. The molecule has 2 fully saturated rings. The molecule has 0 radical (unpaired) electrons. The van der Waals surface area contributed by atoms with E-state index in [4.69, 9.17) is 4.74 Å². The summed E-state index contributed by atoms with van der Waals surface area (Å²) >= 11 is 0. The van der Waals surface area contributed by atoms with E-state index in [9.17, 15) is 4.79 Å². The molecule has 2 aliphatic rings. The van der Waals surface area contributed by atoms with E-state index in [-0.39, 0.29) is 24.1 Å². The van der Waals surface area contributed by atoms with Crippen LogP contribution in [0.3, 0.4) is 0 Å². The van der Waals surface area contributed by atoms with Crippen molar-refractivity contribution < 1.29 is 9.53 Å². The van der Waals surface area contributed by atoms with Gasteiger partial charge in [0.25, 0.3) is 0 Å². The molecule has 98 valence electrons. The maximum atomic E-state index is 12.2. The fourth-order valence-electron chi connectivity index (χ4n) is 2.85. The number of nitrogens with zero attached hydrogens (tertiary/aromatic N) is 1. The fraction of sp³-hybridized carbons (Fsp3) is 0.923. The van der Waals surface area contributed by atoms with Crippen LogP contribution in [0, 0.1) is 0 Å². The van der Waals surface area contributed by atoms with Gasteiger partial charge in [-0.15, -0.1) is 0 Å². The SMILES string of the molecule is CC(C)NC1CCN(C(C)C2CCCO2)C1=O. The minimum Gasteiger partial charge on any atom is -0.376 e. The van der Waals surface area contributed by atoms with Gasteiger partial charge in [-0.25, -0.2) is 0 Å². The summed E-state index contributed by atoms with van der Waals surface area (Å²) in [5.41, 5.74) is 0. The predicted octanol–water partition coefficient (Wildman–Crippen LogP) is 1.15. The highest BCUT2D eigenvalue weighted by Crippen LogP contribution is 2.23. The molecular formula is C13H24N2O2. The first-order chi connectivity index (χ1) is 8.09. The number of hydrogen-bond acceptors (Lipinski definition) is 3. The molecule has 2 saturated heterocycles. The van der Waals surface area contributed by atoms with Gasteiger partial charge < -0.3 is 15.0 Å². The largest absolute Gasteiger partial charge is 0.376 e. The van der Waals surface area contributed by atoms with Gasteiger partial charge in [-0.1, -0.05) is 13.8 Å². The van der Waals surface area contributed by atoms with Crippen LogP contribution in [0.1, 0.15) is 40.0 Å². The molecule has 4 nitrogen and oxygen atoms in total. The molecule has 0 aromatic carbocycles. The molecule has 2 rings (SSSR count). The van der Waals surface area contributed by atoms with E-state index in [1.54, 1.807) is 0 Å². The topological polar surface area (TPSA) is 41.6 Å². The monoisotopic (exact) mass is 240 g/mol. The van der Waals surface area contributed by atoms with Crippen molar-refractivity contribution in [3.05, 3.63) is 0 Å². The molecule has 4 heteroatoms. The lowest BCUT2D eigenvalue weighted by Crippen LogP contribution is -2.47. The highest BCUT2D eigenvalue weighted by Gasteiger charge is 2.38. The van der Waals surface area contributed by atoms with Crippen LogP contribution in [-0.4, -0.2) is 48.2 Å². The molecule has 0 bridgehead atoms. The number of carbonyl (C=O) groups excluding carboxylic acids is 1. The molecule has 2 aliphatic heterocycles. The van der Waals surface area contributed by atoms with Crippen molar-refractivity contribution in [1.29, 1.82) is 0 Å². The highest BCUT2D eigenvalue weighted by molar-refractivity contribution is 5.84. The number of rotatable bonds is 4. The van der Waals surface area contributed by atoms with Crippen molar-refractivity contribution in [3.8, 4) is 0 Å². The van der Waals surface area contributed by atoms with Gasteiger partial charge in [0, 0.05) is 19.2 Å². The number of carbonyl (C=O) groups is 1. The van der Waals surface area contributed by atoms with Crippen LogP contribution in [0.15, 0.2) is 0 Å². The molecule has 2 heterocycles. The Bertz CT molecular complexity index is 275. The van der Waals surface area contributed by atoms with Crippen molar-refractivity contribution in [1.82, 2.24) is 10.2 Å². The third-order valence-electron chi connectivity index (χ3n) is 3.77. The lowest BCUT2D eigenvalue weighted by atomic mass is 10.1. The van der Waals surface area contributed by atoms with Crippen LogP contribution in [0.2, 0.25) is 0 Å². The van der Waals surface area contributed by atoms with Crippen molar-refractivity contribution >= 4 is 5.91 Å². The van der Waals surface area contributed by atoms with E-state index < -0.39 is 0 Å². The molecule has 1 N–H and O–H groups in total. The summed E-state index contributed by atoms with van der Waals surface area (Å²) in [6, 6.07) is 0.602. The predicted molar refractivity (Wildman–Crippen MR) is 66.8 cm³/mol. The van der Waals surface area contributed by atoms with Crippen molar-refractivity contribution in [3.63, 3.8) is 0 Å². The summed E-state index contributed by atoms with van der Waals surface area (Å²) in [6.45, 7) is 8.00. The van der Waals surface area contributed by atoms with Gasteiger partial charge in [0.1, 0.15) is 0 Å². The van der Waals surface area contributed by atoms with E-state index in [2.05, 4.69) is 26.1 Å². The number of nitrogens with one attached hydrogen (secondary N) is 1. The van der Waals surface area contributed by atoms with Crippen LogP contribution in [0.4, 0.5) is 0 Å². The zero-order valence-corrected chi connectivity index (χ0v) is 11.1. The number of ether oxygens (including phenoxy) is 1. The van der Waals surface area contributed by atoms with Crippen molar-refractivity contribution in [2.45, 2.75) is 64.3 Å². The zero-order valence-electron chi connectivity index (χ0n) is 11.1. The molecule has 3 unspecified atom stereocenters. The molecule has 17 heavy (non-hydrogen) atoms. The number of hydrogen-bond donors (Lipinski definition) is 1. The first-order valence-corrected chi connectivity index (χ1v) is 6.77. The summed E-state index contributed by atoms with van der Waals surface area (Å²) in [7, 11) is 0. The average molecular weight is 240 g/mol. The van der Waals surface area contributed by atoms with Gasteiger partial charge in [-0.2, -0.15) is 0 Å². The molecular weight excluding hydrogens is 216 g/mol. The lowest BCUT2D eigenvalue weighted by molar-refractivity contribution is -0.133. The molecule has 0 aromatic rings. The van der Waals surface area contributed by atoms with Crippen LogP contribution in [0.25, 0.3) is 0 Å². The molecule has 1 amide bonds. The van der Waals surface area contributed by atoms with E-state index in [1.165, 1.54) is 0 Å².